The molecule has 76 valence electrons. The number of esters is 2. The van der Waals surface area contributed by atoms with Gasteiger partial charge >= 0.3 is 11.9 Å². The first-order chi connectivity index (χ1) is 6.70. The van der Waals surface area contributed by atoms with Gasteiger partial charge in [0.05, 0.1) is 12.5 Å². The highest BCUT2D eigenvalue weighted by Crippen LogP contribution is 1.87. The predicted molar refractivity (Wildman–Crippen MR) is 51.0 cm³/mol. The molecule has 0 atom stereocenters. The minimum atomic E-state index is -0.625. The van der Waals surface area contributed by atoms with Crippen LogP contribution in [0, 0.1) is 0 Å². The molecule has 0 fully saturated rings. The highest BCUT2D eigenvalue weighted by atomic mass is 16.5. The quantitative estimate of drug-likeness (QED) is 0.390. The van der Waals surface area contributed by atoms with Crippen molar-refractivity contribution in [3.63, 3.8) is 0 Å². The van der Waals surface area contributed by atoms with E-state index < -0.39 is 11.9 Å². The van der Waals surface area contributed by atoms with E-state index >= 15 is 0 Å². The van der Waals surface area contributed by atoms with Gasteiger partial charge in [0.2, 0.25) is 0 Å². The number of hydrogen-bond donors (Lipinski definition) is 0. The molecule has 0 aromatic heterocycles. The van der Waals surface area contributed by atoms with E-state index in [4.69, 9.17) is 0 Å². The Labute approximate surface area is 82.5 Å². The molecule has 0 bridgehead atoms. The lowest BCUT2D eigenvalue weighted by atomic mass is 10.5. The number of hydrogen-bond acceptors (Lipinski definition) is 4. The molecule has 0 spiro atoms. The summed E-state index contributed by atoms with van der Waals surface area (Å²) in [5, 5.41) is 0. The van der Waals surface area contributed by atoms with Gasteiger partial charge in [0.1, 0.15) is 0 Å². The lowest BCUT2D eigenvalue weighted by molar-refractivity contribution is -0.135. The number of rotatable bonds is 4. The van der Waals surface area contributed by atoms with Gasteiger partial charge in [-0.25, -0.2) is 9.59 Å². The van der Waals surface area contributed by atoms with Gasteiger partial charge in [0, 0.05) is 12.2 Å². The Balaban J connectivity index is 3.91. The molecule has 0 amide bonds. The molecule has 0 saturated heterocycles. The highest BCUT2D eigenvalue weighted by Gasteiger charge is 1.96. The van der Waals surface area contributed by atoms with Crippen molar-refractivity contribution in [2.45, 2.75) is 13.8 Å². The van der Waals surface area contributed by atoms with Crippen LogP contribution in [0.25, 0.3) is 0 Å². The van der Waals surface area contributed by atoms with Crippen molar-refractivity contribution >= 4 is 11.9 Å². The Morgan fingerprint density at radius 2 is 1.21 bits per heavy atom. The fourth-order valence-corrected chi connectivity index (χ4v) is 0.485. The Morgan fingerprint density at radius 3 is 1.50 bits per heavy atom. The summed E-state index contributed by atoms with van der Waals surface area (Å²) in [5.74, 6) is -1.25. The third kappa shape index (κ3) is 6.84. The molecule has 0 unspecified atom stereocenters. The molecule has 0 N–H and O–H groups in total. The lowest BCUT2D eigenvalue weighted by Crippen LogP contribution is -1.98. The molecule has 14 heavy (non-hydrogen) atoms. The predicted octanol–water partition coefficient (Wildman–Crippen LogP) is 1.70. The van der Waals surface area contributed by atoms with Gasteiger partial charge in [-0.05, 0) is 13.8 Å². The Hall–Kier alpha value is -1.84. The molecule has 0 aromatic carbocycles. The maximum absolute atomic E-state index is 10.8. The van der Waals surface area contributed by atoms with E-state index in [1.807, 2.05) is 0 Å². The molecule has 0 radical (unpaired) electrons. The average molecular weight is 196 g/mol. The van der Waals surface area contributed by atoms with Gasteiger partial charge in [-0.2, -0.15) is 0 Å². The molecular formula is C10H12O4. The fraction of sp³-hybridized carbons (Fsp3) is 0.200. The summed E-state index contributed by atoms with van der Waals surface area (Å²) in [6, 6.07) is 0. The van der Waals surface area contributed by atoms with Crippen LogP contribution in [0.4, 0.5) is 0 Å². The first-order valence-electron chi connectivity index (χ1n) is 4.02. The summed E-state index contributed by atoms with van der Waals surface area (Å²) < 4.78 is 9.03. The maximum Gasteiger partial charge on any atom is 0.335 e. The fourth-order valence-electron chi connectivity index (χ4n) is 0.485. The second-order valence-electron chi connectivity index (χ2n) is 2.15. The van der Waals surface area contributed by atoms with Crippen LogP contribution in [0.15, 0.2) is 36.8 Å². The third-order valence-corrected chi connectivity index (χ3v) is 0.996. The van der Waals surface area contributed by atoms with Crippen LogP contribution < -0.4 is 0 Å². The minimum Gasteiger partial charge on any atom is -0.432 e. The molecule has 0 aliphatic rings. The smallest absolute Gasteiger partial charge is 0.335 e. The van der Waals surface area contributed by atoms with E-state index in [1.54, 1.807) is 26.0 Å². The molecule has 0 rings (SSSR count). The Morgan fingerprint density at radius 1 is 0.857 bits per heavy atom. The van der Waals surface area contributed by atoms with E-state index in [-0.39, 0.29) is 0 Å². The van der Waals surface area contributed by atoms with Gasteiger partial charge < -0.3 is 9.47 Å². The van der Waals surface area contributed by atoms with Gasteiger partial charge in [-0.1, -0.05) is 12.2 Å². The number of carbonyl (C=O) groups excluding carboxylic acids is 2. The molecule has 0 saturated carbocycles. The van der Waals surface area contributed by atoms with Crippen LogP contribution in [0.2, 0.25) is 0 Å². The minimum absolute atomic E-state index is 0.625. The molecule has 4 nitrogen and oxygen atoms in total. The van der Waals surface area contributed by atoms with Crippen molar-refractivity contribution < 1.29 is 19.1 Å². The van der Waals surface area contributed by atoms with Crippen LogP contribution >= 0.6 is 0 Å². The standard InChI is InChI=1S/C10H12O4/c1-3-7-13-9(11)5-6-10(12)14-8-4-2/h3-8H,1-2H3/b6-5+,7-3?,8-4?. The number of carbonyl (C=O) groups is 2. The average Bonchev–Trinajstić information content (AvgIpc) is 2.20. The largest absolute Gasteiger partial charge is 0.432 e. The van der Waals surface area contributed by atoms with Crippen LogP contribution in [-0.2, 0) is 19.1 Å². The molecule has 0 heterocycles. The Bertz CT molecular complexity index is 246. The summed E-state index contributed by atoms with van der Waals surface area (Å²) >= 11 is 0. The van der Waals surface area contributed by atoms with Crippen molar-refractivity contribution in [1.82, 2.24) is 0 Å². The topological polar surface area (TPSA) is 52.6 Å². The molecule has 0 aliphatic heterocycles. The van der Waals surface area contributed by atoms with Gasteiger partial charge in [-0.15, -0.1) is 0 Å². The van der Waals surface area contributed by atoms with Crippen molar-refractivity contribution in [3.05, 3.63) is 36.8 Å². The lowest BCUT2D eigenvalue weighted by Gasteiger charge is -1.92. The van der Waals surface area contributed by atoms with E-state index in [2.05, 4.69) is 9.47 Å². The summed E-state index contributed by atoms with van der Waals surface area (Å²) in [6.07, 6.45) is 7.55. The first-order valence-corrected chi connectivity index (χ1v) is 4.02. The molecule has 0 aliphatic carbocycles. The van der Waals surface area contributed by atoms with Crippen LogP contribution in [0.5, 0.6) is 0 Å². The van der Waals surface area contributed by atoms with Crippen LogP contribution in [0.3, 0.4) is 0 Å². The third-order valence-electron chi connectivity index (χ3n) is 0.996. The SMILES string of the molecule is CC=COC(=O)/C=C/C(=O)OC=CC. The molecule has 4 heteroatoms. The van der Waals surface area contributed by atoms with E-state index in [9.17, 15) is 9.59 Å². The summed E-state index contributed by atoms with van der Waals surface area (Å²) in [6.45, 7) is 3.41. The van der Waals surface area contributed by atoms with E-state index in [0.29, 0.717) is 0 Å². The van der Waals surface area contributed by atoms with Gasteiger partial charge in [0.25, 0.3) is 0 Å². The van der Waals surface area contributed by atoms with Crippen molar-refractivity contribution in [2.24, 2.45) is 0 Å². The summed E-state index contributed by atoms with van der Waals surface area (Å²) in [4.78, 5) is 21.6. The normalized spacial score (nSPS) is 11.3. The zero-order valence-electron chi connectivity index (χ0n) is 8.10. The second-order valence-corrected chi connectivity index (χ2v) is 2.15. The molecule has 0 aromatic rings. The van der Waals surface area contributed by atoms with Crippen molar-refractivity contribution in [1.29, 1.82) is 0 Å². The Kier molecular flexibility index (Phi) is 6.77. The first kappa shape index (κ1) is 12.2. The number of allylic oxidation sites excluding steroid dienone is 2. The van der Waals surface area contributed by atoms with Gasteiger partial charge in [0.15, 0.2) is 0 Å². The van der Waals surface area contributed by atoms with Crippen LogP contribution in [0.1, 0.15) is 13.8 Å². The zero-order valence-corrected chi connectivity index (χ0v) is 8.10. The zero-order chi connectivity index (χ0) is 10.8. The summed E-state index contributed by atoms with van der Waals surface area (Å²) in [5.41, 5.74) is 0. The highest BCUT2D eigenvalue weighted by molar-refractivity contribution is 5.92. The maximum atomic E-state index is 10.8. The van der Waals surface area contributed by atoms with E-state index in [0.717, 1.165) is 12.2 Å². The summed E-state index contributed by atoms with van der Waals surface area (Å²) in [7, 11) is 0. The van der Waals surface area contributed by atoms with Crippen LogP contribution in [-0.4, -0.2) is 11.9 Å². The molecular weight excluding hydrogens is 184 g/mol. The monoisotopic (exact) mass is 196 g/mol. The van der Waals surface area contributed by atoms with Gasteiger partial charge in [-0.3, -0.25) is 0 Å². The van der Waals surface area contributed by atoms with E-state index in [1.165, 1.54) is 12.5 Å². The number of ether oxygens (including phenoxy) is 2. The van der Waals surface area contributed by atoms with Crippen molar-refractivity contribution in [2.75, 3.05) is 0 Å². The van der Waals surface area contributed by atoms with Crippen molar-refractivity contribution in [3.8, 4) is 0 Å². The second kappa shape index (κ2) is 7.79.